The van der Waals surface area contributed by atoms with Gasteiger partial charge in [-0.3, -0.25) is 9.69 Å². The molecule has 1 fully saturated rings. The number of carbonyl (C=O) groups excluding carboxylic acids is 1. The van der Waals surface area contributed by atoms with E-state index in [2.05, 4.69) is 0 Å². The van der Waals surface area contributed by atoms with Gasteiger partial charge < -0.3 is 4.74 Å². The maximum atomic E-state index is 11.6. The first-order chi connectivity index (χ1) is 7.50. The Balaban J connectivity index is 2.59. The monoisotopic (exact) mass is 249 g/mol. The number of sulfone groups is 1. The van der Waals surface area contributed by atoms with Crippen LogP contribution < -0.4 is 0 Å². The van der Waals surface area contributed by atoms with Crippen molar-refractivity contribution in [3.8, 4) is 0 Å². The number of esters is 1. The molecule has 1 rings (SSSR count). The molecule has 1 aliphatic rings. The van der Waals surface area contributed by atoms with Crippen molar-refractivity contribution in [2.75, 3.05) is 31.2 Å². The molecule has 16 heavy (non-hydrogen) atoms. The normalized spacial score (nSPS) is 22.6. The van der Waals surface area contributed by atoms with E-state index < -0.39 is 9.84 Å². The highest BCUT2D eigenvalue weighted by atomic mass is 32.2. The van der Waals surface area contributed by atoms with Gasteiger partial charge in [-0.1, -0.05) is 6.92 Å². The Morgan fingerprint density at radius 3 is 2.31 bits per heavy atom. The highest BCUT2D eigenvalue weighted by Crippen LogP contribution is 2.12. The summed E-state index contributed by atoms with van der Waals surface area (Å²) in [5.74, 6) is 0.0375. The van der Waals surface area contributed by atoms with Crippen LogP contribution in [0.2, 0.25) is 0 Å². The average molecular weight is 249 g/mol. The molecule has 1 atom stereocenters. The fourth-order valence-electron chi connectivity index (χ4n) is 1.85. The number of hydrogen-bond acceptors (Lipinski definition) is 5. The standard InChI is InChI=1S/C10H19NO4S/c1-3-9(10(12)15-4-2)11-5-7-16(13,14)8-6-11/h9H,3-8H2,1-2H3. The van der Waals surface area contributed by atoms with Gasteiger partial charge in [-0.25, -0.2) is 8.42 Å². The van der Waals surface area contributed by atoms with Gasteiger partial charge in [0.1, 0.15) is 6.04 Å². The van der Waals surface area contributed by atoms with Crippen LogP contribution >= 0.6 is 0 Å². The van der Waals surface area contributed by atoms with Crippen molar-refractivity contribution in [3.63, 3.8) is 0 Å². The van der Waals surface area contributed by atoms with Gasteiger partial charge in [-0.05, 0) is 13.3 Å². The minimum Gasteiger partial charge on any atom is -0.465 e. The fraction of sp³-hybridized carbons (Fsp3) is 0.900. The molecule has 0 saturated carbocycles. The van der Waals surface area contributed by atoms with Gasteiger partial charge in [0.25, 0.3) is 0 Å². The minimum absolute atomic E-state index is 0.142. The van der Waals surface area contributed by atoms with E-state index in [0.29, 0.717) is 26.1 Å². The Hall–Kier alpha value is -0.620. The summed E-state index contributed by atoms with van der Waals surface area (Å²) in [7, 11) is -2.89. The largest absolute Gasteiger partial charge is 0.465 e. The summed E-state index contributed by atoms with van der Waals surface area (Å²) in [4.78, 5) is 13.5. The zero-order valence-corrected chi connectivity index (χ0v) is 10.6. The summed E-state index contributed by atoms with van der Waals surface area (Å²) in [5, 5.41) is 0. The Morgan fingerprint density at radius 2 is 1.88 bits per heavy atom. The van der Waals surface area contributed by atoms with E-state index in [0.717, 1.165) is 0 Å². The average Bonchev–Trinajstić information content (AvgIpc) is 2.22. The molecular weight excluding hydrogens is 230 g/mol. The van der Waals surface area contributed by atoms with Crippen LogP contribution in [0.5, 0.6) is 0 Å². The number of carbonyl (C=O) groups is 1. The molecule has 0 aromatic carbocycles. The number of hydrogen-bond donors (Lipinski definition) is 0. The van der Waals surface area contributed by atoms with Crippen LogP contribution in [0, 0.1) is 0 Å². The van der Waals surface area contributed by atoms with Crippen molar-refractivity contribution in [1.29, 1.82) is 0 Å². The zero-order valence-electron chi connectivity index (χ0n) is 9.81. The molecule has 0 spiro atoms. The molecule has 1 heterocycles. The topological polar surface area (TPSA) is 63.7 Å². The third kappa shape index (κ3) is 3.45. The predicted octanol–water partition coefficient (Wildman–Crippen LogP) is 0.0585. The van der Waals surface area contributed by atoms with Crippen LogP contribution in [0.1, 0.15) is 20.3 Å². The van der Waals surface area contributed by atoms with Gasteiger partial charge in [0.05, 0.1) is 18.1 Å². The Morgan fingerprint density at radius 1 is 1.31 bits per heavy atom. The van der Waals surface area contributed by atoms with Crippen molar-refractivity contribution >= 4 is 15.8 Å². The Bertz CT molecular complexity index is 325. The van der Waals surface area contributed by atoms with E-state index in [1.165, 1.54) is 0 Å². The van der Waals surface area contributed by atoms with Gasteiger partial charge in [-0.2, -0.15) is 0 Å². The molecule has 0 aliphatic carbocycles. The second-order valence-electron chi connectivity index (χ2n) is 3.86. The van der Waals surface area contributed by atoms with Crippen LogP contribution in [0.4, 0.5) is 0 Å². The predicted molar refractivity (Wildman–Crippen MR) is 60.9 cm³/mol. The molecule has 0 aromatic heterocycles. The third-order valence-electron chi connectivity index (χ3n) is 2.77. The summed E-state index contributed by atoms with van der Waals surface area (Å²) in [6, 6.07) is -0.296. The SMILES string of the molecule is CCOC(=O)C(CC)N1CCS(=O)(=O)CC1. The van der Waals surface area contributed by atoms with Crippen molar-refractivity contribution in [3.05, 3.63) is 0 Å². The zero-order chi connectivity index (χ0) is 12.2. The van der Waals surface area contributed by atoms with Gasteiger partial charge in [0.15, 0.2) is 9.84 Å². The van der Waals surface area contributed by atoms with Gasteiger partial charge in [-0.15, -0.1) is 0 Å². The lowest BCUT2D eigenvalue weighted by Gasteiger charge is -2.32. The van der Waals surface area contributed by atoms with Crippen LogP contribution in [-0.4, -0.2) is 56.5 Å². The molecular formula is C10H19NO4S. The molecule has 1 unspecified atom stereocenters. The third-order valence-corrected chi connectivity index (χ3v) is 4.37. The molecule has 1 aliphatic heterocycles. The van der Waals surface area contributed by atoms with Gasteiger partial charge in [0.2, 0.25) is 0 Å². The van der Waals surface area contributed by atoms with Crippen LogP contribution in [0.3, 0.4) is 0 Å². The van der Waals surface area contributed by atoms with E-state index in [4.69, 9.17) is 4.74 Å². The van der Waals surface area contributed by atoms with Crippen molar-refractivity contribution in [2.45, 2.75) is 26.3 Å². The Kier molecular flexibility index (Phi) is 4.73. The first kappa shape index (κ1) is 13.4. The highest BCUT2D eigenvalue weighted by Gasteiger charge is 2.30. The molecule has 94 valence electrons. The van der Waals surface area contributed by atoms with Crippen LogP contribution in [0.15, 0.2) is 0 Å². The smallest absolute Gasteiger partial charge is 0.323 e. The summed E-state index contributed by atoms with van der Waals surface area (Å²) in [6.45, 7) is 4.90. The van der Waals surface area contributed by atoms with Gasteiger partial charge in [0, 0.05) is 13.1 Å². The van der Waals surface area contributed by atoms with E-state index in [1.54, 1.807) is 6.92 Å². The number of ether oxygens (including phenoxy) is 1. The first-order valence-electron chi connectivity index (χ1n) is 5.61. The van der Waals surface area contributed by atoms with Crippen molar-refractivity contribution < 1.29 is 17.9 Å². The lowest BCUT2D eigenvalue weighted by atomic mass is 10.2. The van der Waals surface area contributed by atoms with E-state index in [9.17, 15) is 13.2 Å². The molecule has 6 heteroatoms. The minimum atomic E-state index is -2.89. The molecule has 5 nitrogen and oxygen atoms in total. The number of rotatable bonds is 4. The van der Waals surface area contributed by atoms with E-state index in [-0.39, 0.29) is 23.5 Å². The quantitative estimate of drug-likeness (QED) is 0.659. The summed E-state index contributed by atoms with van der Waals surface area (Å²) in [5.41, 5.74) is 0. The summed E-state index contributed by atoms with van der Waals surface area (Å²) in [6.07, 6.45) is 0.652. The van der Waals surface area contributed by atoms with Crippen molar-refractivity contribution in [1.82, 2.24) is 4.90 Å². The van der Waals surface area contributed by atoms with Crippen molar-refractivity contribution in [2.24, 2.45) is 0 Å². The second kappa shape index (κ2) is 5.63. The molecule has 0 radical (unpaired) electrons. The Labute approximate surface area is 96.7 Å². The highest BCUT2D eigenvalue weighted by molar-refractivity contribution is 7.91. The summed E-state index contributed by atoms with van der Waals surface area (Å²) >= 11 is 0. The van der Waals surface area contributed by atoms with E-state index >= 15 is 0 Å². The molecule has 0 bridgehead atoms. The van der Waals surface area contributed by atoms with E-state index in [1.807, 2.05) is 11.8 Å². The number of nitrogens with zero attached hydrogens (tertiary/aromatic N) is 1. The lowest BCUT2D eigenvalue weighted by molar-refractivity contribution is -0.149. The van der Waals surface area contributed by atoms with Crippen LogP contribution in [-0.2, 0) is 19.4 Å². The summed E-state index contributed by atoms with van der Waals surface area (Å²) < 4.78 is 27.5. The van der Waals surface area contributed by atoms with Crippen LogP contribution in [0.25, 0.3) is 0 Å². The second-order valence-corrected chi connectivity index (χ2v) is 6.17. The fourth-order valence-corrected chi connectivity index (χ4v) is 3.08. The first-order valence-corrected chi connectivity index (χ1v) is 7.43. The molecule has 0 amide bonds. The molecule has 0 aromatic rings. The maximum absolute atomic E-state index is 11.6. The van der Waals surface area contributed by atoms with Gasteiger partial charge >= 0.3 is 5.97 Å². The molecule has 1 saturated heterocycles. The maximum Gasteiger partial charge on any atom is 0.323 e. The lowest BCUT2D eigenvalue weighted by Crippen LogP contribution is -2.49. The molecule has 0 N–H and O–H groups in total.